The molecule has 0 heterocycles. The van der Waals surface area contributed by atoms with Gasteiger partial charge in [0.15, 0.2) is 5.78 Å². The molecule has 0 aliphatic heterocycles. The molecule has 1 rings (SSSR count). The summed E-state index contributed by atoms with van der Waals surface area (Å²) in [6.07, 6.45) is 2.13. The fourth-order valence-electron chi connectivity index (χ4n) is 2.60. The predicted molar refractivity (Wildman–Crippen MR) is 93.1 cm³/mol. The van der Waals surface area contributed by atoms with Crippen LogP contribution in [-0.4, -0.2) is 36.9 Å². The van der Waals surface area contributed by atoms with Crippen LogP contribution in [0.5, 0.6) is 5.75 Å². The molecule has 0 N–H and O–H groups in total. The highest BCUT2D eigenvalue weighted by Gasteiger charge is 2.17. The molecule has 0 spiro atoms. The number of ether oxygens (including phenoxy) is 1. The summed E-state index contributed by atoms with van der Waals surface area (Å²) < 4.78 is 5.66. The first-order valence-corrected chi connectivity index (χ1v) is 8.55. The zero-order valence-electron chi connectivity index (χ0n) is 14.8. The molecule has 0 aliphatic carbocycles. The van der Waals surface area contributed by atoms with Crippen LogP contribution in [0.4, 0.5) is 0 Å². The Balaban J connectivity index is 2.99. The number of carbonyl (C=O) groups is 1. The van der Waals surface area contributed by atoms with E-state index in [9.17, 15) is 4.79 Å². The highest BCUT2D eigenvalue weighted by molar-refractivity contribution is 6.00. The molecule has 0 bridgehead atoms. The van der Waals surface area contributed by atoms with Crippen molar-refractivity contribution in [3.05, 3.63) is 29.3 Å². The Kier molecular flexibility index (Phi) is 8.18. The molecule has 3 heteroatoms. The summed E-state index contributed by atoms with van der Waals surface area (Å²) in [7, 11) is 0. The lowest BCUT2D eigenvalue weighted by atomic mass is 9.98. The van der Waals surface area contributed by atoms with Gasteiger partial charge in [0.2, 0.25) is 0 Å². The van der Waals surface area contributed by atoms with E-state index in [2.05, 4.69) is 38.7 Å². The van der Waals surface area contributed by atoms with Gasteiger partial charge in [0.05, 0.1) is 18.7 Å². The lowest BCUT2D eigenvalue weighted by molar-refractivity contribution is 0.0926. The summed E-state index contributed by atoms with van der Waals surface area (Å²) in [5.74, 6) is 1.28. The molecule has 3 nitrogen and oxygen atoms in total. The molecule has 1 aromatic carbocycles. The quantitative estimate of drug-likeness (QED) is 0.595. The molecule has 0 radical (unpaired) electrons. The van der Waals surface area contributed by atoms with Gasteiger partial charge in [0.1, 0.15) is 5.75 Å². The van der Waals surface area contributed by atoms with Gasteiger partial charge in [-0.1, -0.05) is 33.8 Å². The van der Waals surface area contributed by atoms with Crippen molar-refractivity contribution in [2.75, 3.05) is 26.2 Å². The molecule has 1 aromatic rings. The first-order chi connectivity index (χ1) is 10.5. The van der Waals surface area contributed by atoms with Gasteiger partial charge < -0.3 is 4.74 Å². The molecule has 0 saturated heterocycles. The van der Waals surface area contributed by atoms with Crippen molar-refractivity contribution in [2.24, 2.45) is 0 Å². The highest BCUT2D eigenvalue weighted by atomic mass is 16.5. The molecule has 0 aromatic heterocycles. The number of hydrogen-bond acceptors (Lipinski definition) is 3. The SMILES string of the molecule is CCCN(CCC)CC(=O)c1cc(C(C)C)ccc1OCC. The molecular weight excluding hydrogens is 274 g/mol. The number of rotatable bonds is 10. The minimum absolute atomic E-state index is 0.160. The summed E-state index contributed by atoms with van der Waals surface area (Å²) in [5.41, 5.74) is 1.91. The molecule has 0 fully saturated rings. The summed E-state index contributed by atoms with van der Waals surface area (Å²) >= 11 is 0. The van der Waals surface area contributed by atoms with Crippen LogP contribution in [0.15, 0.2) is 18.2 Å². The van der Waals surface area contributed by atoms with Gasteiger partial charge in [0.25, 0.3) is 0 Å². The summed E-state index contributed by atoms with van der Waals surface area (Å²) in [5, 5.41) is 0. The van der Waals surface area contributed by atoms with E-state index in [4.69, 9.17) is 4.74 Å². The van der Waals surface area contributed by atoms with E-state index in [1.54, 1.807) is 0 Å². The van der Waals surface area contributed by atoms with Crippen molar-refractivity contribution in [2.45, 2.75) is 53.4 Å². The Morgan fingerprint density at radius 3 is 2.27 bits per heavy atom. The van der Waals surface area contributed by atoms with Crippen LogP contribution in [0.1, 0.15) is 69.3 Å². The minimum atomic E-state index is 0.160. The molecule has 22 heavy (non-hydrogen) atoms. The monoisotopic (exact) mass is 305 g/mol. The van der Waals surface area contributed by atoms with Crippen molar-refractivity contribution in [1.82, 2.24) is 4.90 Å². The van der Waals surface area contributed by atoms with Gasteiger partial charge in [-0.2, -0.15) is 0 Å². The van der Waals surface area contributed by atoms with Crippen LogP contribution in [0, 0.1) is 0 Å². The largest absolute Gasteiger partial charge is 0.493 e. The maximum Gasteiger partial charge on any atom is 0.180 e. The van der Waals surface area contributed by atoms with Crippen LogP contribution in [0.3, 0.4) is 0 Å². The third kappa shape index (κ3) is 5.45. The maximum atomic E-state index is 12.8. The van der Waals surface area contributed by atoms with E-state index in [0.717, 1.165) is 31.5 Å². The third-order valence-electron chi connectivity index (χ3n) is 3.72. The van der Waals surface area contributed by atoms with Gasteiger partial charge in [0, 0.05) is 0 Å². The van der Waals surface area contributed by atoms with E-state index < -0.39 is 0 Å². The molecule has 124 valence electrons. The second kappa shape index (κ2) is 9.62. The van der Waals surface area contributed by atoms with Gasteiger partial charge in [-0.15, -0.1) is 0 Å². The maximum absolute atomic E-state index is 12.8. The lowest BCUT2D eigenvalue weighted by Gasteiger charge is -2.21. The summed E-state index contributed by atoms with van der Waals surface area (Å²) in [6.45, 7) is 13.5. The van der Waals surface area contributed by atoms with Gasteiger partial charge >= 0.3 is 0 Å². The summed E-state index contributed by atoms with van der Waals surface area (Å²) in [4.78, 5) is 15.0. The standard InChI is InChI=1S/C19H31NO2/c1-6-11-20(12-7-2)14-18(21)17-13-16(15(4)5)9-10-19(17)22-8-3/h9-10,13,15H,6-8,11-12,14H2,1-5H3. The molecule has 0 atom stereocenters. The Morgan fingerprint density at radius 1 is 1.14 bits per heavy atom. The topological polar surface area (TPSA) is 29.5 Å². The lowest BCUT2D eigenvalue weighted by Crippen LogP contribution is -2.31. The Hall–Kier alpha value is -1.35. The average molecular weight is 305 g/mol. The highest BCUT2D eigenvalue weighted by Crippen LogP contribution is 2.25. The van der Waals surface area contributed by atoms with Crippen molar-refractivity contribution in [1.29, 1.82) is 0 Å². The molecular formula is C19H31NO2. The Morgan fingerprint density at radius 2 is 1.77 bits per heavy atom. The van der Waals surface area contributed by atoms with Crippen LogP contribution in [-0.2, 0) is 0 Å². The molecule has 0 unspecified atom stereocenters. The second-order valence-electron chi connectivity index (χ2n) is 6.04. The van der Waals surface area contributed by atoms with Crippen LogP contribution in [0.2, 0.25) is 0 Å². The first-order valence-electron chi connectivity index (χ1n) is 8.55. The number of ketones is 1. The average Bonchev–Trinajstić information content (AvgIpc) is 2.48. The predicted octanol–water partition coefficient (Wildman–Crippen LogP) is 4.51. The van der Waals surface area contributed by atoms with Crippen LogP contribution >= 0.6 is 0 Å². The minimum Gasteiger partial charge on any atom is -0.493 e. The van der Waals surface area contributed by atoms with E-state index in [0.29, 0.717) is 24.8 Å². The smallest absolute Gasteiger partial charge is 0.180 e. The van der Waals surface area contributed by atoms with Crippen molar-refractivity contribution < 1.29 is 9.53 Å². The third-order valence-corrected chi connectivity index (χ3v) is 3.72. The number of nitrogens with zero attached hydrogens (tertiary/aromatic N) is 1. The van der Waals surface area contributed by atoms with Crippen molar-refractivity contribution in [3.8, 4) is 5.75 Å². The first kappa shape index (κ1) is 18.7. The second-order valence-corrected chi connectivity index (χ2v) is 6.04. The van der Waals surface area contributed by atoms with E-state index >= 15 is 0 Å². The summed E-state index contributed by atoms with van der Waals surface area (Å²) in [6, 6.07) is 6.01. The molecule has 0 aliphatic rings. The number of benzene rings is 1. The molecule has 0 amide bonds. The van der Waals surface area contributed by atoms with Gasteiger partial charge in [-0.25, -0.2) is 0 Å². The van der Waals surface area contributed by atoms with E-state index in [1.165, 1.54) is 5.56 Å². The van der Waals surface area contributed by atoms with E-state index in [1.807, 2.05) is 19.1 Å². The Labute approximate surface area is 135 Å². The number of Topliss-reactive ketones (excluding diaryl/α,β-unsaturated/α-hetero) is 1. The zero-order chi connectivity index (χ0) is 16.5. The fourth-order valence-corrected chi connectivity index (χ4v) is 2.60. The van der Waals surface area contributed by atoms with Gasteiger partial charge in [-0.05, 0) is 56.5 Å². The van der Waals surface area contributed by atoms with Crippen LogP contribution in [0.25, 0.3) is 0 Å². The number of carbonyl (C=O) groups excluding carboxylic acids is 1. The Bertz CT molecular complexity index is 463. The van der Waals surface area contributed by atoms with Crippen molar-refractivity contribution >= 4 is 5.78 Å². The zero-order valence-corrected chi connectivity index (χ0v) is 14.8. The fraction of sp³-hybridized carbons (Fsp3) is 0.632. The van der Waals surface area contributed by atoms with Gasteiger partial charge in [-0.3, -0.25) is 9.69 Å². The normalized spacial score (nSPS) is 11.2. The molecule has 0 saturated carbocycles. The van der Waals surface area contributed by atoms with Crippen LogP contribution < -0.4 is 4.74 Å². The van der Waals surface area contributed by atoms with Crippen molar-refractivity contribution in [3.63, 3.8) is 0 Å². The van der Waals surface area contributed by atoms with E-state index in [-0.39, 0.29) is 5.78 Å². The number of hydrogen-bond donors (Lipinski definition) is 0.